The summed E-state index contributed by atoms with van der Waals surface area (Å²) >= 11 is 1.20. The number of hydrogen-bond acceptors (Lipinski definition) is 4. The number of carbonyl (C=O) groups excluding carboxylic acids is 1. The van der Waals surface area contributed by atoms with Crippen molar-refractivity contribution in [2.75, 3.05) is 6.54 Å². The monoisotopic (exact) mass is 389 g/mol. The van der Waals surface area contributed by atoms with Crippen LogP contribution < -0.4 is 16.6 Å². The van der Waals surface area contributed by atoms with Crippen molar-refractivity contribution in [3.8, 4) is 0 Å². The number of halogens is 1. The number of carbonyl (C=O) groups is 1. The molecule has 0 fully saturated rings. The molecule has 8 heteroatoms. The molecule has 6 nitrogen and oxygen atoms in total. The zero-order chi connectivity index (χ0) is 19.4. The fraction of sp³-hybridized carbons (Fsp3) is 0.316. The zero-order valence-electron chi connectivity index (χ0n) is 14.9. The highest BCUT2D eigenvalue weighted by atomic mass is 32.1. The summed E-state index contributed by atoms with van der Waals surface area (Å²) in [5.41, 5.74) is -0.437. The Kier molecular flexibility index (Phi) is 5.85. The molecule has 0 unspecified atom stereocenters. The average molecular weight is 389 g/mol. The minimum atomic E-state index is -0.625. The van der Waals surface area contributed by atoms with Crippen LogP contribution in [0, 0.1) is 5.82 Å². The topological polar surface area (TPSA) is 73.1 Å². The molecule has 1 amide bonds. The molecule has 2 heterocycles. The molecular weight excluding hydrogens is 369 g/mol. The minimum Gasteiger partial charge on any atom is -0.355 e. The molecule has 1 N–H and O–H groups in total. The van der Waals surface area contributed by atoms with Crippen LogP contribution in [0.1, 0.15) is 25.3 Å². The van der Waals surface area contributed by atoms with Crippen molar-refractivity contribution in [3.63, 3.8) is 0 Å². The van der Waals surface area contributed by atoms with Crippen molar-refractivity contribution in [3.05, 3.63) is 67.9 Å². The maximum Gasteiger partial charge on any atom is 0.332 e. The van der Waals surface area contributed by atoms with Crippen LogP contribution in [-0.2, 0) is 17.9 Å². The summed E-state index contributed by atoms with van der Waals surface area (Å²) in [5, 5.41) is 4.47. The number of fused-ring (bicyclic) bond motifs is 1. The minimum absolute atomic E-state index is 0.185. The zero-order valence-corrected chi connectivity index (χ0v) is 15.7. The van der Waals surface area contributed by atoms with Crippen LogP contribution in [0.3, 0.4) is 0 Å². The molecule has 0 spiro atoms. The highest BCUT2D eigenvalue weighted by molar-refractivity contribution is 7.17. The number of nitrogens with one attached hydrogen (secondary N) is 1. The number of hydrogen-bond donors (Lipinski definition) is 1. The van der Waals surface area contributed by atoms with Crippen LogP contribution in [0.15, 0.2) is 45.3 Å². The van der Waals surface area contributed by atoms with Gasteiger partial charge in [-0.25, -0.2) is 9.18 Å². The Hall–Kier alpha value is -2.74. The second-order valence-electron chi connectivity index (χ2n) is 6.19. The van der Waals surface area contributed by atoms with E-state index in [2.05, 4.69) is 5.32 Å². The summed E-state index contributed by atoms with van der Waals surface area (Å²) in [6, 6.07) is 7.65. The first kappa shape index (κ1) is 19.0. The molecule has 142 valence electrons. The number of nitrogens with zero attached hydrogens (tertiary/aromatic N) is 2. The molecule has 27 heavy (non-hydrogen) atoms. The fourth-order valence-corrected chi connectivity index (χ4v) is 3.67. The Morgan fingerprint density at radius 3 is 2.70 bits per heavy atom. The second kappa shape index (κ2) is 8.30. The van der Waals surface area contributed by atoms with Gasteiger partial charge in [-0.3, -0.25) is 18.7 Å². The third kappa shape index (κ3) is 4.00. The molecule has 2 aromatic heterocycles. The van der Waals surface area contributed by atoms with Gasteiger partial charge in [0.25, 0.3) is 5.56 Å². The number of benzene rings is 1. The van der Waals surface area contributed by atoms with Crippen molar-refractivity contribution in [1.29, 1.82) is 0 Å². The van der Waals surface area contributed by atoms with Gasteiger partial charge < -0.3 is 5.32 Å². The fourth-order valence-electron chi connectivity index (χ4n) is 2.83. The molecule has 0 saturated heterocycles. The predicted octanol–water partition coefficient (Wildman–Crippen LogP) is 2.33. The van der Waals surface area contributed by atoms with Gasteiger partial charge in [0.05, 0.1) is 12.1 Å². The van der Waals surface area contributed by atoms with Crippen LogP contribution in [0.25, 0.3) is 10.2 Å². The maximum atomic E-state index is 14.0. The molecule has 0 aliphatic heterocycles. The van der Waals surface area contributed by atoms with Crippen molar-refractivity contribution in [2.45, 2.75) is 32.9 Å². The van der Waals surface area contributed by atoms with E-state index in [-0.39, 0.29) is 24.6 Å². The molecule has 1 aromatic carbocycles. The molecule has 0 atom stereocenters. The van der Waals surface area contributed by atoms with Gasteiger partial charge in [-0.15, -0.1) is 11.3 Å². The third-order valence-electron chi connectivity index (χ3n) is 4.28. The Bertz CT molecular complexity index is 1080. The Morgan fingerprint density at radius 2 is 1.96 bits per heavy atom. The second-order valence-corrected chi connectivity index (χ2v) is 7.11. The Labute approximate surface area is 158 Å². The lowest BCUT2D eigenvalue weighted by atomic mass is 10.2. The predicted molar refractivity (Wildman–Crippen MR) is 104 cm³/mol. The lowest BCUT2D eigenvalue weighted by molar-refractivity contribution is -0.121. The van der Waals surface area contributed by atoms with Gasteiger partial charge in [0, 0.05) is 12.1 Å². The van der Waals surface area contributed by atoms with Gasteiger partial charge in [-0.05, 0) is 23.9 Å². The summed E-state index contributed by atoms with van der Waals surface area (Å²) < 4.78 is 16.6. The van der Waals surface area contributed by atoms with Gasteiger partial charge in [0.15, 0.2) is 0 Å². The van der Waals surface area contributed by atoms with Crippen LogP contribution in [-0.4, -0.2) is 21.6 Å². The van der Waals surface area contributed by atoms with E-state index in [4.69, 9.17) is 0 Å². The van der Waals surface area contributed by atoms with E-state index in [0.717, 1.165) is 17.4 Å². The van der Waals surface area contributed by atoms with Gasteiger partial charge in [0.1, 0.15) is 17.1 Å². The molecule has 0 aliphatic carbocycles. The van der Waals surface area contributed by atoms with E-state index in [0.29, 0.717) is 16.8 Å². The van der Waals surface area contributed by atoms with E-state index in [1.165, 1.54) is 28.0 Å². The normalized spacial score (nSPS) is 11.0. The van der Waals surface area contributed by atoms with Crippen LogP contribution in [0.2, 0.25) is 0 Å². The first-order valence-corrected chi connectivity index (χ1v) is 9.61. The Morgan fingerprint density at radius 1 is 1.19 bits per heavy atom. The number of amides is 1. The first-order valence-electron chi connectivity index (χ1n) is 8.74. The van der Waals surface area contributed by atoms with E-state index < -0.39 is 17.1 Å². The van der Waals surface area contributed by atoms with E-state index in [1.54, 1.807) is 23.6 Å². The summed E-state index contributed by atoms with van der Waals surface area (Å²) in [7, 11) is 0. The molecule has 3 aromatic rings. The van der Waals surface area contributed by atoms with Crippen molar-refractivity contribution in [2.24, 2.45) is 0 Å². The SMILES string of the molecule is CCCCNC(=O)Cn1c(=O)n(Cc2ccccc2F)c(=O)c2sccc21. The van der Waals surface area contributed by atoms with Gasteiger partial charge in [0.2, 0.25) is 5.91 Å². The summed E-state index contributed by atoms with van der Waals surface area (Å²) in [5.74, 6) is -0.784. The molecule has 0 aliphatic rings. The van der Waals surface area contributed by atoms with Crippen LogP contribution in [0.4, 0.5) is 4.39 Å². The van der Waals surface area contributed by atoms with Crippen molar-refractivity contribution >= 4 is 27.5 Å². The Balaban J connectivity index is 2.02. The smallest absolute Gasteiger partial charge is 0.332 e. The lowest BCUT2D eigenvalue weighted by Crippen LogP contribution is -2.42. The maximum absolute atomic E-state index is 14.0. The molecule has 0 radical (unpaired) electrons. The number of aromatic nitrogens is 2. The summed E-state index contributed by atoms with van der Waals surface area (Å²) in [6.45, 7) is 2.18. The molecule has 0 saturated carbocycles. The molecular formula is C19H20FN3O3S. The number of thiophene rings is 1. The summed E-state index contributed by atoms with van der Waals surface area (Å²) in [4.78, 5) is 37.8. The molecule has 3 rings (SSSR count). The third-order valence-corrected chi connectivity index (χ3v) is 5.17. The van der Waals surface area contributed by atoms with Crippen molar-refractivity contribution in [1.82, 2.24) is 14.5 Å². The standard InChI is InChI=1S/C19H20FN3O3S/c1-2-3-9-21-16(24)12-22-15-8-10-27-17(15)18(25)23(19(22)26)11-13-6-4-5-7-14(13)20/h4-8,10H,2-3,9,11-12H2,1H3,(H,21,24). The van der Waals surface area contributed by atoms with E-state index in [1.807, 2.05) is 6.92 Å². The highest BCUT2D eigenvalue weighted by Gasteiger charge is 2.17. The number of unbranched alkanes of at least 4 members (excludes halogenated alkanes) is 1. The van der Waals surface area contributed by atoms with Gasteiger partial charge in [-0.2, -0.15) is 0 Å². The quantitative estimate of drug-likeness (QED) is 0.631. The van der Waals surface area contributed by atoms with Gasteiger partial charge in [-0.1, -0.05) is 31.5 Å². The summed E-state index contributed by atoms with van der Waals surface area (Å²) in [6.07, 6.45) is 1.80. The number of rotatable bonds is 7. The largest absolute Gasteiger partial charge is 0.355 e. The highest BCUT2D eigenvalue weighted by Crippen LogP contribution is 2.16. The van der Waals surface area contributed by atoms with E-state index >= 15 is 0 Å². The first-order chi connectivity index (χ1) is 13.0. The van der Waals surface area contributed by atoms with Crippen LogP contribution in [0.5, 0.6) is 0 Å². The van der Waals surface area contributed by atoms with Crippen LogP contribution >= 0.6 is 11.3 Å². The van der Waals surface area contributed by atoms with Gasteiger partial charge >= 0.3 is 5.69 Å². The van der Waals surface area contributed by atoms with Crippen molar-refractivity contribution < 1.29 is 9.18 Å². The lowest BCUT2D eigenvalue weighted by Gasteiger charge is -2.12. The molecule has 0 bridgehead atoms. The van der Waals surface area contributed by atoms with E-state index in [9.17, 15) is 18.8 Å². The average Bonchev–Trinajstić information content (AvgIpc) is 3.14.